The Balaban J connectivity index is 2.10. The molecular weight excluding hydrogens is 296 g/mol. The highest BCUT2D eigenvalue weighted by Gasteiger charge is 2.26. The largest absolute Gasteiger partial charge is 0.395 e. The van der Waals surface area contributed by atoms with Crippen molar-refractivity contribution in [3.8, 4) is 6.07 Å². The molecule has 0 atom stereocenters. The Morgan fingerprint density at radius 1 is 1.43 bits per heavy atom. The van der Waals surface area contributed by atoms with Crippen LogP contribution in [0.3, 0.4) is 0 Å². The number of fused-ring (bicyclic) bond motifs is 1. The number of rotatable bonds is 5. The van der Waals surface area contributed by atoms with E-state index in [4.69, 9.17) is 0 Å². The predicted molar refractivity (Wildman–Crippen MR) is 85.2 cm³/mol. The summed E-state index contributed by atoms with van der Waals surface area (Å²) in [4.78, 5) is 17.0. The van der Waals surface area contributed by atoms with Crippen LogP contribution in [-0.2, 0) is 0 Å². The number of aliphatic hydroxyl groups is 1. The molecule has 0 unspecified atom stereocenters. The smallest absolute Gasteiger partial charge is 0.270 e. The third-order valence-electron chi connectivity index (χ3n) is 4.26. The number of benzene rings is 1. The van der Waals surface area contributed by atoms with Gasteiger partial charge in [0.1, 0.15) is 5.82 Å². The third kappa shape index (κ3) is 2.81. The van der Waals surface area contributed by atoms with Crippen LogP contribution in [-0.4, -0.2) is 34.2 Å². The molecule has 0 aliphatic heterocycles. The van der Waals surface area contributed by atoms with E-state index in [9.17, 15) is 20.5 Å². The summed E-state index contributed by atoms with van der Waals surface area (Å²) in [5.41, 5.74) is 0.845. The minimum Gasteiger partial charge on any atom is -0.395 e. The van der Waals surface area contributed by atoms with Crippen LogP contribution in [0.25, 0.3) is 10.9 Å². The lowest BCUT2D eigenvalue weighted by Crippen LogP contribution is -2.42. The van der Waals surface area contributed by atoms with Crippen molar-refractivity contribution in [2.45, 2.75) is 25.3 Å². The molecule has 0 bridgehead atoms. The van der Waals surface area contributed by atoms with Crippen molar-refractivity contribution in [2.24, 2.45) is 0 Å². The fraction of sp³-hybridized carbons (Fsp3) is 0.375. The Labute approximate surface area is 132 Å². The number of hydrogen-bond donors (Lipinski definition) is 1. The quantitative estimate of drug-likeness (QED) is 0.671. The summed E-state index contributed by atoms with van der Waals surface area (Å²) in [6, 6.07) is 8.41. The number of anilines is 1. The van der Waals surface area contributed by atoms with E-state index in [2.05, 4.69) is 11.1 Å². The molecule has 2 aromatic rings. The van der Waals surface area contributed by atoms with Gasteiger partial charge in [0.05, 0.1) is 28.7 Å². The van der Waals surface area contributed by atoms with E-state index < -0.39 is 4.92 Å². The number of hydrogen-bond acceptors (Lipinski definition) is 6. The van der Waals surface area contributed by atoms with Gasteiger partial charge in [0.15, 0.2) is 0 Å². The lowest BCUT2D eigenvalue weighted by Gasteiger charge is -2.38. The maximum Gasteiger partial charge on any atom is 0.270 e. The second-order valence-corrected chi connectivity index (χ2v) is 5.60. The van der Waals surface area contributed by atoms with E-state index in [1.165, 1.54) is 12.1 Å². The molecule has 1 fully saturated rings. The van der Waals surface area contributed by atoms with Crippen LogP contribution in [0.5, 0.6) is 0 Å². The molecule has 1 aromatic heterocycles. The molecule has 7 nitrogen and oxygen atoms in total. The Bertz CT molecular complexity index is 796. The molecule has 0 amide bonds. The van der Waals surface area contributed by atoms with Gasteiger partial charge in [-0.25, -0.2) is 4.98 Å². The fourth-order valence-corrected chi connectivity index (χ4v) is 2.84. The van der Waals surface area contributed by atoms with E-state index in [1.807, 2.05) is 4.90 Å². The highest BCUT2D eigenvalue weighted by atomic mass is 16.6. The number of aromatic nitrogens is 1. The highest BCUT2D eigenvalue weighted by Crippen LogP contribution is 2.31. The normalized spacial score (nSPS) is 14.3. The van der Waals surface area contributed by atoms with E-state index in [0.717, 1.165) is 19.3 Å². The second-order valence-electron chi connectivity index (χ2n) is 5.60. The molecule has 0 spiro atoms. The Hall–Kier alpha value is -2.72. The number of nitro benzene ring substituents is 1. The van der Waals surface area contributed by atoms with Crippen molar-refractivity contribution in [1.82, 2.24) is 4.98 Å². The van der Waals surface area contributed by atoms with Crippen molar-refractivity contribution in [3.05, 3.63) is 39.9 Å². The van der Waals surface area contributed by atoms with Gasteiger partial charge in [-0.3, -0.25) is 10.1 Å². The number of nitro groups is 1. The van der Waals surface area contributed by atoms with E-state index in [-0.39, 0.29) is 12.3 Å². The SMILES string of the molecule is N#Cc1cc(N(CCO)C2CCC2)nc2ccc([N+](=O)[O-])cc12. The van der Waals surface area contributed by atoms with Crippen LogP contribution in [0.4, 0.5) is 11.5 Å². The van der Waals surface area contributed by atoms with Crippen molar-refractivity contribution >= 4 is 22.4 Å². The van der Waals surface area contributed by atoms with Crippen LogP contribution >= 0.6 is 0 Å². The fourth-order valence-electron chi connectivity index (χ4n) is 2.84. The van der Waals surface area contributed by atoms with Gasteiger partial charge in [0.2, 0.25) is 0 Å². The molecule has 3 rings (SSSR count). The molecule has 1 heterocycles. The maximum absolute atomic E-state index is 10.9. The number of non-ortho nitro benzene ring substituents is 1. The zero-order valence-electron chi connectivity index (χ0n) is 12.5. The van der Waals surface area contributed by atoms with Gasteiger partial charge in [0.25, 0.3) is 5.69 Å². The maximum atomic E-state index is 10.9. The highest BCUT2D eigenvalue weighted by molar-refractivity contribution is 5.88. The molecule has 118 valence electrons. The van der Waals surface area contributed by atoms with Crippen LogP contribution in [0.1, 0.15) is 24.8 Å². The summed E-state index contributed by atoms with van der Waals surface area (Å²) >= 11 is 0. The van der Waals surface area contributed by atoms with E-state index >= 15 is 0 Å². The summed E-state index contributed by atoms with van der Waals surface area (Å²) in [7, 11) is 0. The van der Waals surface area contributed by atoms with Gasteiger partial charge in [-0.1, -0.05) is 0 Å². The van der Waals surface area contributed by atoms with Gasteiger partial charge in [-0.05, 0) is 31.4 Å². The van der Waals surface area contributed by atoms with E-state index in [1.54, 1.807) is 12.1 Å². The lowest BCUT2D eigenvalue weighted by atomic mass is 9.91. The molecular formula is C16H16N4O3. The summed E-state index contributed by atoms with van der Waals surface area (Å²) in [5.74, 6) is 0.640. The van der Waals surface area contributed by atoms with Gasteiger partial charge in [-0.15, -0.1) is 0 Å². The van der Waals surface area contributed by atoms with Gasteiger partial charge >= 0.3 is 0 Å². The van der Waals surface area contributed by atoms with Crippen LogP contribution in [0.2, 0.25) is 0 Å². The zero-order chi connectivity index (χ0) is 16.4. The first-order valence-electron chi connectivity index (χ1n) is 7.51. The molecule has 7 heteroatoms. The Morgan fingerprint density at radius 3 is 2.78 bits per heavy atom. The lowest BCUT2D eigenvalue weighted by molar-refractivity contribution is -0.384. The topological polar surface area (TPSA) is 103 Å². The number of pyridine rings is 1. The van der Waals surface area contributed by atoms with Crippen LogP contribution < -0.4 is 4.90 Å². The average Bonchev–Trinajstić information content (AvgIpc) is 2.51. The molecule has 1 N–H and O–H groups in total. The minimum absolute atomic E-state index is 0.0123. The summed E-state index contributed by atoms with van der Waals surface area (Å²) in [6.07, 6.45) is 3.24. The van der Waals surface area contributed by atoms with Gasteiger partial charge in [-0.2, -0.15) is 5.26 Å². The number of aliphatic hydroxyl groups excluding tert-OH is 1. The zero-order valence-corrected chi connectivity index (χ0v) is 12.5. The average molecular weight is 312 g/mol. The summed E-state index contributed by atoms with van der Waals surface area (Å²) in [6.45, 7) is 0.472. The first-order valence-corrected chi connectivity index (χ1v) is 7.51. The summed E-state index contributed by atoms with van der Waals surface area (Å²) < 4.78 is 0. The molecule has 1 aliphatic carbocycles. The molecule has 0 saturated heterocycles. The number of nitriles is 1. The molecule has 23 heavy (non-hydrogen) atoms. The second kappa shape index (κ2) is 6.18. The van der Waals surface area contributed by atoms with Crippen LogP contribution in [0.15, 0.2) is 24.3 Å². The monoisotopic (exact) mass is 312 g/mol. The van der Waals surface area contributed by atoms with Gasteiger partial charge < -0.3 is 10.0 Å². The number of nitrogens with zero attached hydrogens (tertiary/aromatic N) is 4. The van der Waals surface area contributed by atoms with Crippen molar-refractivity contribution in [3.63, 3.8) is 0 Å². The Morgan fingerprint density at radius 2 is 2.22 bits per heavy atom. The first-order chi connectivity index (χ1) is 11.1. The molecule has 1 aliphatic rings. The first kappa shape index (κ1) is 15.2. The molecule has 1 saturated carbocycles. The van der Waals surface area contributed by atoms with Crippen LogP contribution in [0, 0.1) is 21.4 Å². The standard InChI is InChI=1S/C16H16N4O3/c17-10-11-8-16(19(6-7-21)12-2-1-3-12)18-15-5-4-13(20(22)23)9-14(11)15/h4-5,8-9,12,21H,1-3,6-7H2. The minimum atomic E-state index is -0.485. The predicted octanol–water partition coefficient (Wildman–Crippen LogP) is 2.37. The van der Waals surface area contributed by atoms with E-state index in [0.29, 0.717) is 34.9 Å². The molecule has 0 radical (unpaired) electrons. The summed E-state index contributed by atoms with van der Waals surface area (Å²) in [5, 5.41) is 30.1. The Kier molecular flexibility index (Phi) is 4.08. The van der Waals surface area contributed by atoms with Crippen molar-refractivity contribution in [1.29, 1.82) is 5.26 Å². The van der Waals surface area contributed by atoms with Gasteiger partial charge in [0, 0.05) is 30.1 Å². The third-order valence-corrected chi connectivity index (χ3v) is 4.26. The van der Waals surface area contributed by atoms with Crippen molar-refractivity contribution in [2.75, 3.05) is 18.1 Å². The molecule has 1 aromatic carbocycles. The van der Waals surface area contributed by atoms with Crippen molar-refractivity contribution < 1.29 is 10.0 Å².